The number of fused-ring (bicyclic) bond motifs is 2. The summed E-state index contributed by atoms with van der Waals surface area (Å²) in [6.45, 7) is 7.32. The molecule has 18 nitrogen and oxygen atoms in total. The first kappa shape index (κ1) is 45.9. The molecule has 9 unspecified atom stereocenters. The summed E-state index contributed by atoms with van der Waals surface area (Å²) < 4.78 is 23.5. The second kappa shape index (κ2) is 18.9. The number of phenolic OH excluding ortho intramolecular Hbond substituents is 1. The van der Waals surface area contributed by atoms with Gasteiger partial charge in [0, 0.05) is 36.4 Å². The Morgan fingerprint density at radius 3 is 2.44 bits per heavy atom. The lowest BCUT2D eigenvalue weighted by atomic mass is 9.76. The number of carboxylic acid groups (broad SMARTS) is 1. The van der Waals surface area contributed by atoms with E-state index < -0.39 is 66.0 Å². The van der Waals surface area contributed by atoms with Gasteiger partial charge in [-0.2, -0.15) is 9.90 Å². The molecule has 0 amide bonds. The molecule has 1 saturated heterocycles. The number of aliphatic hydroxyl groups is 4. The van der Waals surface area contributed by atoms with Crippen molar-refractivity contribution in [3.8, 4) is 22.6 Å². The van der Waals surface area contributed by atoms with Crippen LogP contribution in [0.15, 0.2) is 98.5 Å². The number of phenols is 1. The van der Waals surface area contributed by atoms with E-state index in [0.29, 0.717) is 23.2 Å². The molecular weight excluding hydrogens is 835 g/mol. The molecule has 338 valence electrons. The topological polar surface area (TPSA) is 269 Å². The number of aliphatic carboxylic acids is 1. The highest BCUT2D eigenvalue weighted by Crippen LogP contribution is 2.40. The van der Waals surface area contributed by atoms with E-state index in [9.17, 15) is 49.8 Å². The van der Waals surface area contributed by atoms with Gasteiger partial charge in [-0.25, -0.2) is 14.6 Å². The van der Waals surface area contributed by atoms with Crippen molar-refractivity contribution >= 4 is 41.1 Å². The summed E-state index contributed by atoms with van der Waals surface area (Å²) in [5.41, 5.74) is 2.15. The number of hydrogen-bond donors (Lipinski definition) is 8. The molecule has 0 spiro atoms. The average molecular weight is 885 g/mol. The number of hydroxylamine groups is 2. The molecule has 64 heavy (non-hydrogen) atoms. The average Bonchev–Trinajstić information content (AvgIpc) is 3.83. The molecule has 4 heterocycles. The molecule has 4 aromatic rings. The van der Waals surface area contributed by atoms with E-state index in [0.717, 1.165) is 22.3 Å². The van der Waals surface area contributed by atoms with E-state index >= 15 is 0 Å². The number of aliphatic imine (C=N–C) groups is 1. The highest BCUT2D eigenvalue weighted by Gasteiger charge is 2.65. The van der Waals surface area contributed by atoms with E-state index in [1.165, 1.54) is 36.6 Å². The Kier molecular flexibility index (Phi) is 13.6. The Labute approximate surface area is 366 Å². The van der Waals surface area contributed by atoms with Crippen molar-refractivity contribution in [2.75, 3.05) is 13.1 Å². The summed E-state index contributed by atoms with van der Waals surface area (Å²) in [7, 11) is 0. The molecule has 0 bridgehead atoms. The number of carboxylic acids is 1. The molecule has 3 aromatic carbocycles. The van der Waals surface area contributed by atoms with Gasteiger partial charge >= 0.3 is 11.9 Å². The van der Waals surface area contributed by atoms with Gasteiger partial charge in [-0.1, -0.05) is 43.2 Å². The number of benzene rings is 3. The van der Waals surface area contributed by atoms with Gasteiger partial charge in [-0.05, 0) is 74.2 Å². The summed E-state index contributed by atoms with van der Waals surface area (Å²) in [6, 6.07) is 14.0. The molecule has 1 fully saturated rings. The number of nitrogens with zero attached hydrogens (tertiary/aromatic N) is 1. The summed E-state index contributed by atoms with van der Waals surface area (Å²) in [4.78, 5) is 61.0. The molecule has 0 saturated carbocycles. The van der Waals surface area contributed by atoms with Gasteiger partial charge in [0.1, 0.15) is 48.0 Å². The van der Waals surface area contributed by atoms with Gasteiger partial charge < -0.3 is 54.1 Å². The van der Waals surface area contributed by atoms with E-state index in [4.69, 9.17) is 23.5 Å². The molecule has 3 aliphatic heterocycles. The van der Waals surface area contributed by atoms with Crippen LogP contribution in [0, 0.1) is 19.8 Å². The second-order valence-electron chi connectivity index (χ2n) is 16.5. The maximum absolute atomic E-state index is 13.6. The third kappa shape index (κ3) is 9.26. The van der Waals surface area contributed by atoms with Crippen LogP contribution in [-0.2, 0) is 28.7 Å². The molecule has 3 aliphatic rings. The van der Waals surface area contributed by atoms with Crippen molar-refractivity contribution < 1.29 is 73.6 Å². The van der Waals surface area contributed by atoms with Gasteiger partial charge in [0.25, 0.3) is 0 Å². The van der Waals surface area contributed by atoms with Crippen molar-refractivity contribution in [1.82, 2.24) is 5.32 Å². The molecular formula is C46H50N3O15+. The number of ether oxygens (including phenoxy) is 3. The molecule has 18 heteroatoms. The van der Waals surface area contributed by atoms with E-state index in [1.54, 1.807) is 32.2 Å². The first-order valence-electron chi connectivity index (χ1n) is 20.6. The van der Waals surface area contributed by atoms with Crippen LogP contribution in [0.4, 0.5) is 0 Å². The zero-order valence-electron chi connectivity index (χ0n) is 35.3. The van der Waals surface area contributed by atoms with Crippen LogP contribution in [0.1, 0.15) is 43.4 Å². The molecule has 9 atom stereocenters. The van der Waals surface area contributed by atoms with Gasteiger partial charge in [-0.15, -0.1) is 0 Å². The van der Waals surface area contributed by atoms with Crippen LogP contribution in [0.5, 0.6) is 11.5 Å². The fourth-order valence-electron chi connectivity index (χ4n) is 8.20. The highest BCUT2D eigenvalue weighted by molar-refractivity contribution is 5.98. The third-order valence-electron chi connectivity index (χ3n) is 11.2. The minimum absolute atomic E-state index is 0.0115. The Morgan fingerprint density at radius 1 is 1.05 bits per heavy atom. The van der Waals surface area contributed by atoms with Crippen LogP contribution in [0.25, 0.3) is 27.8 Å². The number of hydrogen-bond acceptors (Lipinski definition) is 16. The van der Waals surface area contributed by atoms with Gasteiger partial charge in [0.05, 0.1) is 17.1 Å². The smallest absolute Gasteiger partial charge is 0.337 e. The van der Waals surface area contributed by atoms with Gasteiger partial charge in [0.2, 0.25) is 24.7 Å². The van der Waals surface area contributed by atoms with Crippen molar-refractivity contribution in [3.05, 3.63) is 111 Å². The van der Waals surface area contributed by atoms with Gasteiger partial charge in [0.15, 0.2) is 22.8 Å². The fraction of sp³-hybridized carbons (Fsp3) is 0.370. The number of aromatic hydroxyl groups is 1. The summed E-state index contributed by atoms with van der Waals surface area (Å²) in [6.07, 6.45) is -7.50. The quantitative estimate of drug-likeness (QED) is 0.0245. The fourth-order valence-corrected chi connectivity index (χ4v) is 8.20. The maximum Gasteiger partial charge on any atom is 0.337 e. The van der Waals surface area contributed by atoms with Crippen LogP contribution < -0.4 is 20.5 Å². The molecule has 1 aromatic heterocycles. The first-order valence-corrected chi connectivity index (χ1v) is 20.6. The molecule has 0 aliphatic carbocycles. The Hall–Kier alpha value is -6.09. The van der Waals surface area contributed by atoms with Crippen LogP contribution in [-0.4, -0.2) is 117 Å². The monoisotopic (exact) mass is 884 g/mol. The minimum Gasteiger partial charge on any atom is -0.508 e. The van der Waals surface area contributed by atoms with Crippen molar-refractivity contribution in [3.63, 3.8) is 0 Å². The van der Waals surface area contributed by atoms with Crippen LogP contribution in [0.2, 0.25) is 0 Å². The molecule has 7 rings (SSSR count). The second-order valence-corrected chi connectivity index (χ2v) is 16.5. The van der Waals surface area contributed by atoms with E-state index in [-0.39, 0.29) is 64.9 Å². The third-order valence-corrected chi connectivity index (χ3v) is 11.2. The number of aldehydes is 1. The number of rotatable bonds is 17. The number of nitrogens with one attached hydrogen (secondary N) is 2. The number of carbonyl (C=O) groups excluding carboxylic acids is 2. The lowest BCUT2D eigenvalue weighted by molar-refractivity contribution is -1.04. The van der Waals surface area contributed by atoms with E-state index in [1.807, 2.05) is 38.1 Å². The summed E-state index contributed by atoms with van der Waals surface area (Å²) in [5.74, 6) is -3.53. The normalized spacial score (nSPS) is 24.3. The number of allylic oxidation sites excluding steroid dienone is 1. The Morgan fingerprint density at radius 2 is 1.77 bits per heavy atom. The predicted molar refractivity (Wildman–Crippen MR) is 228 cm³/mol. The van der Waals surface area contributed by atoms with Crippen LogP contribution >= 0.6 is 0 Å². The largest absolute Gasteiger partial charge is 0.508 e. The first-order chi connectivity index (χ1) is 30.5. The standard InChI is InChI=1S/C46H49N3O15/c1-23(2)16-34(52)46(59)40(54)39(44(58)63-43(57)36(42(55)56)47-13-5-15-50)62-45(41(46)64-49-21-27-12-14-48-35(27)37(49)28-18-24(3)17-25(4)19-28)61-30-10-11-31-33(20-30)60-22-32(38(31)53)26-6-8-29(51)9-7-26/h6-12,14-15,17-20,22-23,34,36,39-41,44-45,47,51-52,54,58-59H,5,13,16,21H2,1-4H3,(H,55,56)/p+1. The maximum atomic E-state index is 13.6. The number of aryl methyl sites for hydroxylation is 2. The number of quaternary nitrogens is 1. The Balaban J connectivity index is 1.30. The van der Waals surface area contributed by atoms with Crippen molar-refractivity contribution in [1.29, 1.82) is 0 Å². The lowest BCUT2D eigenvalue weighted by Crippen LogP contribution is -3.09. The summed E-state index contributed by atoms with van der Waals surface area (Å²) >= 11 is 0. The molecule has 8 N–H and O–H groups in total. The highest BCUT2D eigenvalue weighted by atomic mass is 16.8. The van der Waals surface area contributed by atoms with Crippen molar-refractivity contribution in [2.45, 2.75) is 89.2 Å². The van der Waals surface area contributed by atoms with Gasteiger partial charge in [-0.3, -0.25) is 10.1 Å². The number of esters is 1. The zero-order chi connectivity index (χ0) is 46.0. The SMILES string of the molecule is Cc1cc(C)cc(C2=C3N=CC=C3C[NH+]2OC2C(Oc3ccc4c(=O)c(-c5ccc(O)cc5)coc4c3)OC(C(O)OC(=O)C(NCCC=O)C(=O)O)C(O)C2(O)C(O)CC(C)C)c1. The number of aliphatic hydroxyl groups excluding tert-OH is 3. The predicted octanol–water partition coefficient (Wildman–Crippen LogP) is 1.46. The minimum atomic E-state index is -2.79. The Bertz CT molecular complexity index is 2550. The molecule has 0 radical (unpaired) electrons. The van der Waals surface area contributed by atoms with Crippen molar-refractivity contribution in [2.24, 2.45) is 10.9 Å². The zero-order valence-corrected chi connectivity index (χ0v) is 35.3. The number of carbonyl (C=O) groups is 3. The van der Waals surface area contributed by atoms with E-state index in [2.05, 4.69) is 10.3 Å². The lowest BCUT2D eigenvalue weighted by Gasteiger charge is -2.51. The summed E-state index contributed by atoms with van der Waals surface area (Å²) in [5, 5.41) is 70.7. The van der Waals surface area contributed by atoms with Crippen LogP contribution in [0.3, 0.4) is 0 Å².